The average Bonchev–Trinajstić information content (AvgIpc) is 1.26. The molecule has 16 rings (SSSR count). The van der Waals surface area contributed by atoms with Gasteiger partial charge in [0.15, 0.2) is 21.8 Å². The Morgan fingerprint density at radius 1 is 0.303 bits per heavy atom. The van der Waals surface area contributed by atoms with Crippen LogP contribution in [0.15, 0.2) is 340 Å². The number of nitriles is 3. The van der Waals surface area contributed by atoms with Gasteiger partial charge in [-0.3, -0.25) is 0 Å². The van der Waals surface area contributed by atoms with Gasteiger partial charge in [0, 0.05) is 27.2 Å². The molecule has 0 aliphatic carbocycles. The molecule has 14 aromatic carbocycles. The van der Waals surface area contributed by atoms with Crippen molar-refractivity contribution in [2.75, 3.05) is 0 Å². The molecule has 0 N–H and O–H groups in total. The summed E-state index contributed by atoms with van der Waals surface area (Å²) in [5, 5.41) is 45.0. The minimum atomic E-state index is -2.83. The van der Waals surface area contributed by atoms with Crippen LogP contribution in [0.5, 0.6) is 0 Å². The van der Waals surface area contributed by atoms with Crippen LogP contribution in [0.3, 0.4) is 0 Å². The second-order valence-corrected chi connectivity index (χ2v) is 32.3. The van der Waals surface area contributed by atoms with Gasteiger partial charge in [0.2, 0.25) is 5.69 Å². The Bertz CT molecular complexity index is 5800. The summed E-state index contributed by atoms with van der Waals surface area (Å²) in [6.07, 6.45) is 0. The molecule has 0 atom stereocenters. The molecule has 0 aliphatic rings. The third-order valence-corrected chi connectivity index (χ3v) is 28.9. The van der Waals surface area contributed by atoms with Crippen molar-refractivity contribution >= 4 is 113 Å². The lowest BCUT2D eigenvalue weighted by molar-refractivity contribution is 1.18. The molecule has 2 aromatic heterocycles. The Labute approximate surface area is 577 Å². The molecule has 9 heteroatoms. The fraction of sp³-hybridized carbons (Fsp3) is 0.0111. The van der Waals surface area contributed by atoms with E-state index in [2.05, 4.69) is 287 Å². The smallest absolute Gasteiger partial charge is 0.211 e. The van der Waals surface area contributed by atoms with E-state index in [1.54, 1.807) is 0 Å². The van der Waals surface area contributed by atoms with Gasteiger partial charge >= 0.3 is 0 Å². The Hall–Kier alpha value is -13.4. The highest BCUT2D eigenvalue weighted by Crippen LogP contribution is 2.41. The minimum Gasteiger partial charge on any atom is -0.319 e. The molecule has 2 heterocycles. The van der Waals surface area contributed by atoms with Gasteiger partial charge in [-0.2, -0.15) is 15.8 Å². The van der Waals surface area contributed by atoms with Crippen LogP contribution < -0.4 is 41.5 Å². The number of benzene rings is 14. The van der Waals surface area contributed by atoms with Gasteiger partial charge in [-0.1, -0.05) is 266 Å². The summed E-state index contributed by atoms with van der Waals surface area (Å²) in [4.78, 5) is 8.02. The molecule has 462 valence electrons. The number of hydrogen-bond donors (Lipinski definition) is 0. The Kier molecular flexibility index (Phi) is 16.5. The van der Waals surface area contributed by atoms with Crippen molar-refractivity contribution in [1.82, 2.24) is 9.13 Å². The first-order valence-electron chi connectivity index (χ1n) is 32.7. The van der Waals surface area contributed by atoms with Gasteiger partial charge in [0.1, 0.15) is 0 Å². The van der Waals surface area contributed by atoms with E-state index >= 15 is 0 Å². The van der Waals surface area contributed by atoms with Gasteiger partial charge in [-0.25, -0.2) is 9.69 Å². The predicted octanol–water partition coefficient (Wildman–Crippen LogP) is 16.7. The van der Waals surface area contributed by atoms with Gasteiger partial charge < -0.3 is 9.13 Å². The van der Waals surface area contributed by atoms with Crippen molar-refractivity contribution < 1.29 is 0 Å². The molecule has 0 amide bonds. The molecule has 0 aliphatic heterocycles. The number of hydrogen-bond acceptors (Lipinski definition) is 3. The SMILES string of the molecule is [C-]#[N+]c1cc(-c2ccc([Si](c3ccccc3)(c3ccccc3)c3ccccc3)cc2C#N)ccc1-n1c2ccccc2c2cc(C)ccc21.[C-]#[N+]c1cc(-n2c3ccccc3c3cc(C#N)ccc32)ccc1-c1ccc([Si](c2ccccc2)(c2ccccc2)c2ccccc2)cc1C#N. The molecule has 0 bridgehead atoms. The van der Waals surface area contributed by atoms with Crippen molar-refractivity contribution in [2.24, 2.45) is 0 Å². The maximum absolute atomic E-state index is 10.7. The predicted molar refractivity (Wildman–Crippen MR) is 411 cm³/mol. The topological polar surface area (TPSA) is 89.9 Å². The Morgan fingerprint density at radius 3 is 1.18 bits per heavy atom. The maximum Gasteiger partial charge on any atom is 0.211 e. The van der Waals surface area contributed by atoms with Crippen LogP contribution in [0, 0.1) is 54.1 Å². The molecule has 16 aromatic rings. The zero-order chi connectivity index (χ0) is 67.5. The van der Waals surface area contributed by atoms with E-state index in [0.717, 1.165) is 76.7 Å². The second kappa shape index (κ2) is 26.4. The first-order chi connectivity index (χ1) is 48.8. The van der Waals surface area contributed by atoms with Gasteiger partial charge in [0.05, 0.1) is 75.8 Å². The molecule has 0 saturated carbocycles. The van der Waals surface area contributed by atoms with Crippen molar-refractivity contribution in [3.8, 4) is 51.8 Å². The van der Waals surface area contributed by atoms with E-state index in [1.165, 1.54) is 42.1 Å². The highest BCUT2D eigenvalue weighted by Gasteiger charge is 2.43. The molecule has 0 radical (unpaired) electrons. The van der Waals surface area contributed by atoms with Crippen LogP contribution in [0.2, 0.25) is 0 Å². The summed E-state index contributed by atoms with van der Waals surface area (Å²) in [6, 6.07) is 124. The minimum absolute atomic E-state index is 0.462. The fourth-order valence-corrected chi connectivity index (χ4v) is 24.5. The molecule has 0 saturated heterocycles. The van der Waals surface area contributed by atoms with Gasteiger partial charge in [0.25, 0.3) is 0 Å². The summed E-state index contributed by atoms with van der Waals surface area (Å²) in [6.45, 7) is 18.6. The largest absolute Gasteiger partial charge is 0.319 e. The molecule has 99 heavy (non-hydrogen) atoms. The van der Waals surface area contributed by atoms with E-state index in [-0.39, 0.29) is 0 Å². The van der Waals surface area contributed by atoms with E-state index in [0.29, 0.717) is 33.6 Å². The van der Waals surface area contributed by atoms with Crippen LogP contribution in [-0.4, -0.2) is 25.3 Å². The maximum atomic E-state index is 10.7. The Morgan fingerprint density at radius 2 is 0.707 bits per heavy atom. The molecule has 7 nitrogen and oxygen atoms in total. The van der Waals surface area contributed by atoms with Crippen molar-refractivity contribution in [3.63, 3.8) is 0 Å². The molecular formula is C90H59N7Si2. The number of fused-ring (bicyclic) bond motifs is 6. The number of rotatable bonds is 12. The van der Waals surface area contributed by atoms with Crippen molar-refractivity contribution in [1.29, 1.82) is 15.8 Å². The van der Waals surface area contributed by atoms with Crippen LogP contribution in [0.1, 0.15) is 22.3 Å². The van der Waals surface area contributed by atoms with E-state index < -0.39 is 16.1 Å². The van der Waals surface area contributed by atoms with Gasteiger partial charge in [-0.15, -0.1) is 0 Å². The number of nitrogens with zero attached hydrogens (tertiary/aromatic N) is 7. The number of aromatic nitrogens is 2. The quantitative estimate of drug-likeness (QED) is 0.0693. The fourth-order valence-electron chi connectivity index (χ4n) is 15.0. The average molecular weight is 1290 g/mol. The summed E-state index contributed by atoms with van der Waals surface area (Å²) < 4.78 is 4.33. The van der Waals surface area contributed by atoms with E-state index in [1.807, 2.05) is 97.1 Å². The Balaban J connectivity index is 0.000000161. The summed E-state index contributed by atoms with van der Waals surface area (Å²) in [7, 11) is -5.63. The third-order valence-electron chi connectivity index (χ3n) is 19.3. The lowest BCUT2D eigenvalue weighted by atomic mass is 9.98. The lowest BCUT2D eigenvalue weighted by Crippen LogP contribution is -2.74. The van der Waals surface area contributed by atoms with E-state index in [9.17, 15) is 15.8 Å². The lowest BCUT2D eigenvalue weighted by Gasteiger charge is -2.34. The summed E-state index contributed by atoms with van der Waals surface area (Å²) in [5.41, 5.74) is 12.8. The number of aryl methyl sites for hydroxylation is 1. The van der Waals surface area contributed by atoms with Crippen molar-refractivity contribution in [2.45, 2.75) is 6.92 Å². The molecule has 0 fully saturated rings. The van der Waals surface area contributed by atoms with Crippen LogP contribution in [-0.2, 0) is 0 Å². The molecule has 0 unspecified atom stereocenters. The highest BCUT2D eigenvalue weighted by molar-refractivity contribution is 7.20. The normalized spacial score (nSPS) is 11.2. The summed E-state index contributed by atoms with van der Waals surface area (Å²) >= 11 is 0. The highest BCUT2D eigenvalue weighted by atomic mass is 28.3. The van der Waals surface area contributed by atoms with Crippen LogP contribution in [0.4, 0.5) is 11.4 Å². The van der Waals surface area contributed by atoms with Crippen LogP contribution >= 0.6 is 0 Å². The number of para-hydroxylation sites is 2. The monoisotopic (exact) mass is 1290 g/mol. The molecule has 0 spiro atoms. The second-order valence-electron chi connectivity index (χ2n) is 24.6. The molecular weight excluding hydrogens is 1240 g/mol. The van der Waals surface area contributed by atoms with Gasteiger partial charge in [-0.05, 0) is 150 Å². The standard InChI is InChI=1S/C45H28N4Si.C45H31N3Si/c1-48-43-29-34(49-44-20-12-11-19-41(44)42-27-32(30-46)21-26-45(42)49)22-24-40(43)39-25-23-38(28-33(39)31-47)50(35-13-5-2-6-14-35,36-15-7-3-8-16-36)37-17-9-4-10-18-37;1-32-22-26-44-41(28-32)40-20-12-13-21-43(40)48(44)45-27-23-33(30-42(45)47-2)39-25-24-38(29-34(39)31-46)49(35-14-6-3-7-15-35,36-16-8-4-9-17-36)37-18-10-5-11-19-37/h2-29H;3-30H,1H3. The third kappa shape index (κ3) is 10.7. The zero-order valence-corrected chi connectivity index (χ0v) is 56.0. The first-order valence-corrected chi connectivity index (χ1v) is 36.7. The van der Waals surface area contributed by atoms with E-state index in [4.69, 9.17) is 13.1 Å². The zero-order valence-electron chi connectivity index (χ0n) is 54.0. The first kappa shape index (κ1) is 61.7. The van der Waals surface area contributed by atoms with Crippen molar-refractivity contribution in [3.05, 3.63) is 385 Å². The van der Waals surface area contributed by atoms with Crippen LogP contribution in [0.25, 0.3) is 86.9 Å². The summed E-state index contributed by atoms with van der Waals surface area (Å²) in [5.74, 6) is 0.